The smallest absolute Gasteiger partial charge is 0.319 e. The number of fused-ring (bicyclic) bond motifs is 2. The first-order valence-electron chi connectivity index (χ1n) is 11.6. The molecule has 0 aliphatic carbocycles. The standard InChI is InChI=1S/C25H21Cl2N5O5S/c1-11(2)31-21-19(29-22(31)12-9-28-25(35-4)30-23(12)34-3)24(33)32(20(21)17-5-6-18(27)38-17)14-8-16-15(7-13(14)26)36-10-37-16/h5-9,11,20H,10H2,1-4H3/t20-/m0/s1. The fourth-order valence-electron chi connectivity index (χ4n) is 4.77. The molecule has 1 aromatic carbocycles. The molecule has 1 atom stereocenters. The van der Waals surface area contributed by atoms with Crippen LogP contribution in [-0.4, -0.2) is 46.4 Å². The van der Waals surface area contributed by atoms with E-state index in [2.05, 4.69) is 9.97 Å². The maximum absolute atomic E-state index is 14.1. The van der Waals surface area contributed by atoms with Gasteiger partial charge in [0.15, 0.2) is 17.2 Å². The summed E-state index contributed by atoms with van der Waals surface area (Å²) in [7, 11) is 2.98. The monoisotopic (exact) mass is 573 g/mol. The first kappa shape index (κ1) is 24.8. The predicted octanol–water partition coefficient (Wildman–Crippen LogP) is 5.79. The number of thiophene rings is 1. The molecule has 5 heterocycles. The van der Waals surface area contributed by atoms with Gasteiger partial charge in [-0.05, 0) is 26.0 Å². The molecular formula is C25H21Cl2N5O5S. The molecule has 10 nitrogen and oxygen atoms in total. The topological polar surface area (TPSA) is 101 Å². The number of carbonyl (C=O) groups excluding carboxylic acids is 1. The SMILES string of the molecule is COc1ncc(-c2nc3c(n2C(C)C)[C@H](c2ccc(Cl)s2)N(c2cc4c(cc2Cl)OCO4)C3=O)c(OC)n1. The Morgan fingerprint density at radius 2 is 1.87 bits per heavy atom. The Balaban J connectivity index is 1.59. The van der Waals surface area contributed by atoms with Crippen molar-refractivity contribution in [2.75, 3.05) is 25.9 Å². The van der Waals surface area contributed by atoms with Crippen LogP contribution < -0.4 is 23.8 Å². The maximum Gasteiger partial charge on any atom is 0.319 e. The summed E-state index contributed by atoms with van der Waals surface area (Å²) in [5.74, 6) is 1.50. The summed E-state index contributed by atoms with van der Waals surface area (Å²) in [6, 6.07) is 6.60. The number of rotatable bonds is 6. The molecule has 4 aromatic rings. The summed E-state index contributed by atoms with van der Waals surface area (Å²) in [5.41, 5.74) is 2.00. The maximum atomic E-state index is 14.1. The average Bonchev–Trinajstić information content (AvgIpc) is 3.67. The van der Waals surface area contributed by atoms with Gasteiger partial charge in [-0.3, -0.25) is 9.69 Å². The molecular weight excluding hydrogens is 553 g/mol. The van der Waals surface area contributed by atoms with Gasteiger partial charge < -0.3 is 23.5 Å². The molecule has 0 radical (unpaired) electrons. The van der Waals surface area contributed by atoms with Gasteiger partial charge in [0.1, 0.15) is 11.9 Å². The number of carbonyl (C=O) groups is 1. The Morgan fingerprint density at radius 3 is 2.53 bits per heavy atom. The van der Waals surface area contributed by atoms with Crippen molar-refractivity contribution in [1.82, 2.24) is 19.5 Å². The van der Waals surface area contributed by atoms with Crippen molar-refractivity contribution in [1.29, 1.82) is 0 Å². The van der Waals surface area contributed by atoms with E-state index in [9.17, 15) is 4.79 Å². The molecule has 2 aliphatic heterocycles. The number of benzene rings is 1. The number of hydrogen-bond acceptors (Lipinski definition) is 9. The second-order valence-electron chi connectivity index (χ2n) is 8.79. The third-order valence-electron chi connectivity index (χ3n) is 6.32. The summed E-state index contributed by atoms with van der Waals surface area (Å²) < 4.78 is 24.3. The van der Waals surface area contributed by atoms with E-state index in [-0.39, 0.29) is 36.3 Å². The quantitative estimate of drug-likeness (QED) is 0.286. The van der Waals surface area contributed by atoms with Gasteiger partial charge >= 0.3 is 6.01 Å². The van der Waals surface area contributed by atoms with Crippen molar-refractivity contribution in [3.8, 4) is 34.8 Å². The molecule has 0 unspecified atom stereocenters. The zero-order valence-corrected chi connectivity index (χ0v) is 23.0. The van der Waals surface area contributed by atoms with Crippen LogP contribution in [0.1, 0.15) is 47.0 Å². The van der Waals surface area contributed by atoms with Gasteiger partial charge in [0.25, 0.3) is 5.91 Å². The van der Waals surface area contributed by atoms with Gasteiger partial charge in [-0.2, -0.15) is 4.98 Å². The highest BCUT2D eigenvalue weighted by molar-refractivity contribution is 7.16. The van der Waals surface area contributed by atoms with E-state index in [0.29, 0.717) is 43.6 Å². The minimum absolute atomic E-state index is 0.0856. The van der Waals surface area contributed by atoms with Crippen molar-refractivity contribution in [2.24, 2.45) is 0 Å². The third-order valence-corrected chi connectivity index (χ3v) is 7.90. The van der Waals surface area contributed by atoms with Gasteiger partial charge in [-0.1, -0.05) is 23.2 Å². The Hall–Kier alpha value is -3.54. The summed E-state index contributed by atoms with van der Waals surface area (Å²) >= 11 is 14.4. The van der Waals surface area contributed by atoms with E-state index >= 15 is 0 Å². The van der Waals surface area contributed by atoms with Gasteiger partial charge in [0.05, 0.1) is 40.5 Å². The summed E-state index contributed by atoms with van der Waals surface area (Å²) in [6.45, 7) is 4.12. The number of hydrogen-bond donors (Lipinski definition) is 0. The summed E-state index contributed by atoms with van der Waals surface area (Å²) in [5, 5.41) is 0.349. The Labute approximate surface area is 231 Å². The lowest BCUT2D eigenvalue weighted by Gasteiger charge is -2.28. The van der Waals surface area contributed by atoms with Crippen LogP contribution in [0.15, 0.2) is 30.5 Å². The van der Waals surface area contributed by atoms with Crippen LogP contribution in [0.4, 0.5) is 5.69 Å². The van der Waals surface area contributed by atoms with Crippen LogP contribution >= 0.6 is 34.5 Å². The van der Waals surface area contributed by atoms with E-state index in [1.165, 1.54) is 25.6 Å². The largest absolute Gasteiger partial charge is 0.480 e. The first-order chi connectivity index (χ1) is 18.3. The van der Waals surface area contributed by atoms with Gasteiger partial charge in [-0.25, -0.2) is 9.97 Å². The number of methoxy groups -OCH3 is 2. The molecule has 0 fully saturated rings. The highest BCUT2D eigenvalue weighted by Gasteiger charge is 2.46. The van der Waals surface area contributed by atoms with Crippen LogP contribution in [0.25, 0.3) is 11.4 Å². The van der Waals surface area contributed by atoms with Crippen LogP contribution in [0.3, 0.4) is 0 Å². The molecule has 38 heavy (non-hydrogen) atoms. The van der Waals surface area contributed by atoms with Crippen LogP contribution in [0, 0.1) is 0 Å². The lowest BCUT2D eigenvalue weighted by Crippen LogP contribution is -2.30. The van der Waals surface area contributed by atoms with Gasteiger partial charge in [0, 0.05) is 29.2 Å². The van der Waals surface area contributed by atoms with Crippen LogP contribution in [0.5, 0.6) is 23.4 Å². The van der Waals surface area contributed by atoms with Crippen molar-refractivity contribution in [2.45, 2.75) is 25.9 Å². The van der Waals surface area contributed by atoms with E-state index in [0.717, 1.165) is 4.88 Å². The number of aromatic nitrogens is 4. The fourth-order valence-corrected chi connectivity index (χ4v) is 6.17. The number of amides is 1. The van der Waals surface area contributed by atoms with Crippen LogP contribution in [-0.2, 0) is 0 Å². The normalized spacial score (nSPS) is 15.9. The van der Waals surface area contributed by atoms with Crippen LogP contribution in [0.2, 0.25) is 9.36 Å². The Bertz CT molecular complexity index is 1590. The number of ether oxygens (including phenoxy) is 4. The zero-order valence-electron chi connectivity index (χ0n) is 20.7. The molecule has 0 saturated heterocycles. The number of anilines is 1. The molecule has 0 saturated carbocycles. The number of imidazole rings is 1. The molecule has 6 rings (SSSR count). The van der Waals surface area contributed by atoms with Crippen molar-refractivity contribution in [3.63, 3.8) is 0 Å². The molecule has 1 amide bonds. The summed E-state index contributed by atoms with van der Waals surface area (Å²) in [6.07, 6.45) is 1.58. The predicted molar refractivity (Wildman–Crippen MR) is 142 cm³/mol. The van der Waals surface area contributed by atoms with Crippen molar-refractivity contribution >= 4 is 46.1 Å². The second kappa shape index (κ2) is 9.33. The molecule has 2 aliphatic rings. The first-order valence-corrected chi connectivity index (χ1v) is 13.1. The van der Waals surface area contributed by atoms with Gasteiger partial charge in [-0.15, -0.1) is 11.3 Å². The highest BCUT2D eigenvalue weighted by Crippen LogP contribution is 2.50. The molecule has 0 spiro atoms. The van der Waals surface area contributed by atoms with E-state index in [1.807, 2.05) is 24.5 Å². The Kier molecular flexibility index (Phi) is 6.09. The zero-order chi connectivity index (χ0) is 26.7. The van der Waals surface area contributed by atoms with Crippen molar-refractivity contribution in [3.05, 3.63) is 56.1 Å². The highest BCUT2D eigenvalue weighted by atomic mass is 35.5. The lowest BCUT2D eigenvalue weighted by molar-refractivity contribution is 0.0989. The number of nitrogens with zero attached hydrogens (tertiary/aromatic N) is 5. The average molecular weight is 574 g/mol. The van der Waals surface area contributed by atoms with Crippen molar-refractivity contribution < 1.29 is 23.7 Å². The summed E-state index contributed by atoms with van der Waals surface area (Å²) in [4.78, 5) is 30.0. The molecule has 3 aromatic heterocycles. The van der Waals surface area contributed by atoms with E-state index in [1.54, 1.807) is 29.3 Å². The molecule has 196 valence electrons. The van der Waals surface area contributed by atoms with E-state index < -0.39 is 6.04 Å². The second-order valence-corrected chi connectivity index (χ2v) is 10.9. The number of halogens is 2. The molecule has 0 N–H and O–H groups in total. The minimum Gasteiger partial charge on any atom is -0.480 e. The van der Waals surface area contributed by atoms with Gasteiger partial charge in [0.2, 0.25) is 12.7 Å². The minimum atomic E-state index is -0.554. The third kappa shape index (κ3) is 3.76. The molecule has 13 heteroatoms. The Morgan fingerprint density at radius 1 is 1.11 bits per heavy atom. The fraction of sp³-hybridized carbons (Fsp3) is 0.280. The van der Waals surface area contributed by atoms with E-state index in [4.69, 9.17) is 47.1 Å². The molecule has 0 bridgehead atoms. The lowest BCUT2D eigenvalue weighted by atomic mass is 10.1.